The Kier molecular flexibility index (Phi) is 8.91. The molecule has 1 aliphatic carbocycles. The molecule has 0 spiro atoms. The van der Waals surface area contributed by atoms with E-state index in [9.17, 15) is 9.35 Å². The molecule has 1 aliphatic heterocycles. The monoisotopic (exact) mass is 548 g/mol. The minimum absolute atomic E-state index is 0.138. The molecule has 11 heteroatoms. The number of nitrogens with one attached hydrogen (secondary N) is 1. The van der Waals surface area contributed by atoms with E-state index in [0.29, 0.717) is 39.6 Å². The van der Waals surface area contributed by atoms with E-state index >= 15 is 0 Å². The molecule has 1 N–H and O–H groups in total. The van der Waals surface area contributed by atoms with Crippen LogP contribution in [-0.2, 0) is 22.5 Å². The van der Waals surface area contributed by atoms with E-state index in [1.807, 2.05) is 41.5 Å². The Morgan fingerprint density at radius 3 is 2.51 bits per heavy atom. The molecule has 2 atom stereocenters. The Morgan fingerprint density at radius 2 is 1.92 bits per heavy atom. The van der Waals surface area contributed by atoms with Crippen molar-refractivity contribution in [2.75, 3.05) is 5.75 Å². The molecule has 0 bridgehead atoms. The zero-order valence-electron chi connectivity index (χ0n) is 23.5. The minimum Gasteiger partial charge on any atom is -0.611 e. The zero-order valence-corrected chi connectivity index (χ0v) is 24.3. The molecule has 10 nitrogen and oxygen atoms in total. The summed E-state index contributed by atoms with van der Waals surface area (Å²) >= 11 is -1.12. The van der Waals surface area contributed by atoms with Gasteiger partial charge < -0.3 is 9.87 Å². The van der Waals surface area contributed by atoms with Gasteiger partial charge in [0.2, 0.25) is 0 Å². The number of carbonyl (C=O) groups is 1. The van der Waals surface area contributed by atoms with Gasteiger partial charge in [-0.25, -0.2) is 29.9 Å². The number of amidine groups is 2. The van der Waals surface area contributed by atoms with E-state index in [1.54, 1.807) is 23.6 Å². The molecule has 0 radical (unpaired) electrons. The van der Waals surface area contributed by atoms with Crippen LogP contribution in [0.4, 0.5) is 0 Å². The number of hydrogen-bond donors (Lipinski definition) is 1. The van der Waals surface area contributed by atoms with Gasteiger partial charge in [0.1, 0.15) is 23.6 Å². The third kappa shape index (κ3) is 6.25. The number of carbonyl (C=O) groups excluding carboxylic acids is 1. The summed E-state index contributed by atoms with van der Waals surface area (Å²) in [6.45, 7) is 16.2. The maximum Gasteiger partial charge on any atom is 0.295 e. The van der Waals surface area contributed by atoms with Gasteiger partial charge in [-0.1, -0.05) is 13.5 Å². The second kappa shape index (κ2) is 12.2. The number of nitrogens with zero attached hydrogens (tertiary/aromatic N) is 7. The molecule has 2 aromatic heterocycles. The Balaban J connectivity index is 1.68. The topological polar surface area (TPSA) is 132 Å². The molecule has 39 heavy (non-hydrogen) atoms. The fraction of sp³-hybridized carbons (Fsp3) is 0.464. The van der Waals surface area contributed by atoms with Crippen molar-refractivity contribution in [3.63, 3.8) is 0 Å². The molecule has 1 fully saturated rings. The van der Waals surface area contributed by atoms with E-state index in [4.69, 9.17) is 9.98 Å². The van der Waals surface area contributed by atoms with Crippen LogP contribution in [-0.4, -0.2) is 58.8 Å². The summed E-state index contributed by atoms with van der Waals surface area (Å²) in [6, 6.07) is -0.138. The fourth-order valence-electron chi connectivity index (χ4n) is 4.26. The Bertz CT molecular complexity index is 1340. The highest BCUT2D eigenvalue weighted by Gasteiger charge is 2.36. The molecule has 0 saturated heterocycles. The first-order valence-electron chi connectivity index (χ1n) is 13.3. The molecule has 1 saturated carbocycles. The van der Waals surface area contributed by atoms with Crippen molar-refractivity contribution in [1.82, 2.24) is 30.2 Å². The molecule has 1 unspecified atom stereocenters. The SMILES string of the molecule is C=C(/N=C1\C(=C(C)C)N=C(NCc2ncc([S+]([O-])CC)cn2)C(=O)N1[C@@H](C)CC)c1c(C)ncnc1C1CC1. The molecule has 3 heterocycles. The van der Waals surface area contributed by atoms with Crippen LogP contribution in [0.15, 0.2) is 51.5 Å². The van der Waals surface area contributed by atoms with Gasteiger partial charge in [-0.2, -0.15) is 0 Å². The Morgan fingerprint density at radius 1 is 1.23 bits per heavy atom. The maximum atomic E-state index is 13.8. The van der Waals surface area contributed by atoms with Crippen LogP contribution in [0.1, 0.15) is 82.6 Å². The van der Waals surface area contributed by atoms with Crippen molar-refractivity contribution in [3.05, 3.63) is 59.3 Å². The smallest absolute Gasteiger partial charge is 0.295 e. The van der Waals surface area contributed by atoms with Crippen LogP contribution >= 0.6 is 0 Å². The largest absolute Gasteiger partial charge is 0.611 e. The highest BCUT2D eigenvalue weighted by molar-refractivity contribution is 7.91. The van der Waals surface area contributed by atoms with Crippen LogP contribution in [0.25, 0.3) is 5.70 Å². The van der Waals surface area contributed by atoms with E-state index < -0.39 is 11.2 Å². The molecule has 2 aliphatic rings. The third-order valence-electron chi connectivity index (χ3n) is 6.77. The second-order valence-corrected chi connectivity index (χ2v) is 11.7. The van der Waals surface area contributed by atoms with Crippen molar-refractivity contribution in [1.29, 1.82) is 0 Å². The number of rotatable bonds is 9. The summed E-state index contributed by atoms with van der Waals surface area (Å²) in [5.41, 5.74) is 4.66. The van der Waals surface area contributed by atoms with E-state index in [2.05, 4.69) is 31.8 Å². The Hall–Kier alpha value is -3.44. The second-order valence-electron chi connectivity index (χ2n) is 9.94. The number of amides is 1. The first-order valence-corrected chi connectivity index (χ1v) is 14.6. The first kappa shape index (κ1) is 28.6. The van der Waals surface area contributed by atoms with Gasteiger partial charge >= 0.3 is 0 Å². The zero-order chi connectivity index (χ0) is 28.3. The van der Waals surface area contributed by atoms with Gasteiger partial charge in [-0.15, -0.1) is 0 Å². The summed E-state index contributed by atoms with van der Waals surface area (Å²) in [5, 5.41) is 3.12. The van der Waals surface area contributed by atoms with Gasteiger partial charge in [-0.3, -0.25) is 9.69 Å². The standard InChI is InChI=1S/C28H36N8O2S/c1-8-17(5)36-27(34-19(7)23-18(6)32-15-33-25(23)20-10-11-20)24(16(3)4)35-26(28(36)37)31-14-22-29-12-21(13-30-22)39(38)9-2/h12-13,15,17,20H,7-11,14H2,1-6H3,(H,31,35)/b34-27+/t17-,39?/m0/s1. The van der Waals surface area contributed by atoms with Crippen LogP contribution in [0, 0.1) is 6.92 Å². The van der Waals surface area contributed by atoms with E-state index in [1.165, 1.54) is 0 Å². The highest BCUT2D eigenvalue weighted by Crippen LogP contribution is 2.42. The number of hydrogen-bond acceptors (Lipinski definition) is 9. The fourth-order valence-corrected chi connectivity index (χ4v) is 4.94. The number of aryl methyl sites for hydroxylation is 1. The summed E-state index contributed by atoms with van der Waals surface area (Å²) in [7, 11) is 0. The number of aliphatic imine (C=N–C) groups is 2. The predicted molar refractivity (Wildman–Crippen MR) is 153 cm³/mol. The molecule has 4 rings (SSSR count). The lowest BCUT2D eigenvalue weighted by Gasteiger charge is -2.34. The molecule has 206 valence electrons. The van der Waals surface area contributed by atoms with Crippen molar-refractivity contribution in [2.45, 2.75) is 84.2 Å². The van der Waals surface area contributed by atoms with Gasteiger partial charge in [0, 0.05) is 17.5 Å². The highest BCUT2D eigenvalue weighted by atomic mass is 32.2. The van der Waals surface area contributed by atoms with Gasteiger partial charge in [-0.05, 0) is 70.6 Å². The quantitative estimate of drug-likeness (QED) is 0.467. The normalized spacial score (nSPS) is 18.2. The first-order chi connectivity index (χ1) is 18.7. The third-order valence-corrected chi connectivity index (χ3v) is 8.03. The van der Waals surface area contributed by atoms with Crippen molar-refractivity contribution >= 4 is 34.5 Å². The lowest BCUT2D eigenvalue weighted by molar-refractivity contribution is -0.122. The summed E-state index contributed by atoms with van der Waals surface area (Å²) < 4.78 is 12.0. The molecule has 1 amide bonds. The Labute approximate surface area is 233 Å². The molecular formula is C28H36N8O2S. The number of allylic oxidation sites excluding steroid dienone is 1. The summed E-state index contributed by atoms with van der Waals surface area (Å²) in [6.07, 6.45) is 7.61. The van der Waals surface area contributed by atoms with Crippen molar-refractivity contribution < 1.29 is 9.35 Å². The summed E-state index contributed by atoms with van der Waals surface area (Å²) in [5.74, 6) is 1.74. The van der Waals surface area contributed by atoms with Crippen molar-refractivity contribution in [2.24, 2.45) is 9.98 Å². The van der Waals surface area contributed by atoms with E-state index in [0.717, 1.165) is 41.8 Å². The van der Waals surface area contributed by atoms with Crippen LogP contribution < -0.4 is 5.32 Å². The van der Waals surface area contributed by atoms with Crippen LogP contribution in [0.2, 0.25) is 0 Å². The predicted octanol–water partition coefficient (Wildman–Crippen LogP) is 4.07. The minimum atomic E-state index is -1.12. The van der Waals surface area contributed by atoms with Gasteiger partial charge in [0.15, 0.2) is 16.6 Å². The molecule has 0 aromatic carbocycles. The molecule has 2 aromatic rings. The number of aromatic nitrogens is 4. The van der Waals surface area contributed by atoms with E-state index in [-0.39, 0.29) is 24.3 Å². The molecular weight excluding hydrogens is 512 g/mol. The van der Waals surface area contributed by atoms with Crippen LogP contribution in [0.5, 0.6) is 0 Å². The maximum absolute atomic E-state index is 13.8. The van der Waals surface area contributed by atoms with Crippen molar-refractivity contribution in [3.8, 4) is 0 Å². The van der Waals surface area contributed by atoms with Gasteiger partial charge in [0.05, 0.1) is 36.0 Å². The average molecular weight is 549 g/mol. The average Bonchev–Trinajstić information content (AvgIpc) is 3.77. The van der Waals surface area contributed by atoms with Crippen LogP contribution in [0.3, 0.4) is 0 Å². The lowest BCUT2D eigenvalue weighted by atomic mass is 10.1. The lowest BCUT2D eigenvalue weighted by Crippen LogP contribution is -2.53. The van der Waals surface area contributed by atoms with Gasteiger partial charge in [0.25, 0.3) is 5.91 Å². The summed E-state index contributed by atoms with van der Waals surface area (Å²) in [4.78, 5) is 43.2.